The van der Waals surface area contributed by atoms with Gasteiger partial charge < -0.3 is 19.1 Å². The second-order valence-electron chi connectivity index (χ2n) is 6.68. The van der Waals surface area contributed by atoms with E-state index in [4.69, 9.17) is 14.2 Å². The van der Waals surface area contributed by atoms with Gasteiger partial charge in [0, 0.05) is 18.0 Å². The third-order valence-corrected chi connectivity index (χ3v) is 3.96. The molecule has 2 rings (SSSR count). The molecule has 0 radical (unpaired) electrons. The summed E-state index contributed by atoms with van der Waals surface area (Å²) in [5.74, 6) is 1.10. The molecule has 24 heavy (non-hydrogen) atoms. The second-order valence-corrected chi connectivity index (χ2v) is 6.68. The largest absolute Gasteiger partial charge is 0.462 e. The molecule has 1 aromatic rings. The van der Waals surface area contributed by atoms with Gasteiger partial charge in [0.25, 0.3) is 0 Å². The van der Waals surface area contributed by atoms with E-state index in [1.54, 1.807) is 6.08 Å². The first kappa shape index (κ1) is 18.3. The monoisotopic (exact) mass is 333 g/mol. The highest BCUT2D eigenvalue weighted by Crippen LogP contribution is 2.32. The summed E-state index contributed by atoms with van der Waals surface area (Å²) >= 11 is 0. The second kappa shape index (κ2) is 8.20. The van der Waals surface area contributed by atoms with Crippen LogP contribution in [-0.2, 0) is 9.53 Å². The van der Waals surface area contributed by atoms with Crippen LogP contribution in [0.4, 0.5) is 0 Å². The first-order valence-electron chi connectivity index (χ1n) is 8.40. The van der Waals surface area contributed by atoms with Crippen molar-refractivity contribution in [2.24, 2.45) is 5.41 Å². The molecule has 0 spiro atoms. The van der Waals surface area contributed by atoms with Gasteiger partial charge in [-0.3, -0.25) is 0 Å². The Bertz CT molecular complexity index is 591. The third kappa shape index (κ3) is 5.27. The zero-order chi connectivity index (χ0) is 17.6. The van der Waals surface area contributed by atoms with Crippen LogP contribution in [0.3, 0.4) is 0 Å². The Balaban J connectivity index is 1.84. The number of fused-ring (bicyclic) bond motifs is 1. The molecule has 0 fully saturated rings. The van der Waals surface area contributed by atoms with E-state index in [9.17, 15) is 4.79 Å². The number of hydrogen-bond acceptors (Lipinski definition) is 5. The van der Waals surface area contributed by atoms with Crippen LogP contribution in [0.5, 0.6) is 11.5 Å². The molecule has 1 heterocycles. The molecule has 5 nitrogen and oxygen atoms in total. The molecule has 1 aliphatic rings. The first-order chi connectivity index (χ1) is 11.4. The number of ether oxygens (including phenoxy) is 3. The topological polar surface area (TPSA) is 48.0 Å². The minimum absolute atomic E-state index is 0.0751. The molecule has 0 saturated heterocycles. The number of nitrogens with zero attached hydrogens (tertiary/aromatic N) is 1. The minimum atomic E-state index is -0.333. The van der Waals surface area contributed by atoms with E-state index in [0.717, 1.165) is 30.9 Å². The molecule has 0 bridgehead atoms. The van der Waals surface area contributed by atoms with Crippen molar-refractivity contribution in [1.29, 1.82) is 0 Å². The van der Waals surface area contributed by atoms with Crippen molar-refractivity contribution >= 4 is 12.0 Å². The van der Waals surface area contributed by atoms with Crippen molar-refractivity contribution in [3.05, 3.63) is 29.8 Å². The van der Waals surface area contributed by atoms with Crippen molar-refractivity contribution in [3.63, 3.8) is 0 Å². The maximum atomic E-state index is 11.9. The van der Waals surface area contributed by atoms with E-state index in [-0.39, 0.29) is 18.2 Å². The lowest BCUT2D eigenvalue weighted by molar-refractivity contribution is -0.141. The third-order valence-electron chi connectivity index (χ3n) is 3.96. The van der Waals surface area contributed by atoms with Gasteiger partial charge in [0.1, 0.15) is 0 Å². The predicted octanol–water partition coefficient (Wildman–Crippen LogP) is 3.34. The average molecular weight is 333 g/mol. The van der Waals surface area contributed by atoms with Gasteiger partial charge in [0.15, 0.2) is 11.5 Å². The SMILES string of the molecule is CCN(CC)CC(C)(C)COC(=O)/C=C/c1ccc2c(c1)OCO2. The van der Waals surface area contributed by atoms with E-state index in [1.165, 1.54) is 6.08 Å². The van der Waals surface area contributed by atoms with Crippen LogP contribution in [0.1, 0.15) is 33.3 Å². The number of carbonyl (C=O) groups is 1. The summed E-state index contributed by atoms with van der Waals surface area (Å²) in [7, 11) is 0. The van der Waals surface area contributed by atoms with Crippen LogP contribution >= 0.6 is 0 Å². The Morgan fingerprint density at radius 3 is 2.67 bits per heavy atom. The fourth-order valence-corrected chi connectivity index (χ4v) is 2.59. The Morgan fingerprint density at radius 2 is 1.96 bits per heavy atom. The van der Waals surface area contributed by atoms with E-state index in [2.05, 4.69) is 32.6 Å². The zero-order valence-corrected chi connectivity index (χ0v) is 15.0. The summed E-state index contributed by atoms with van der Waals surface area (Å²) in [6.07, 6.45) is 3.17. The van der Waals surface area contributed by atoms with Crippen molar-refractivity contribution in [2.45, 2.75) is 27.7 Å². The Hall–Kier alpha value is -2.01. The van der Waals surface area contributed by atoms with Crippen LogP contribution in [0, 0.1) is 5.41 Å². The molecule has 5 heteroatoms. The molecule has 0 aliphatic carbocycles. The predicted molar refractivity (Wildman–Crippen MR) is 94.1 cm³/mol. The molecule has 0 atom stereocenters. The standard InChI is InChI=1S/C19H27NO4/c1-5-20(6-2)12-19(3,4)13-22-18(21)10-8-15-7-9-16-17(11-15)24-14-23-16/h7-11H,5-6,12-14H2,1-4H3/b10-8+. The van der Waals surface area contributed by atoms with Crippen LogP contribution in [0.2, 0.25) is 0 Å². The average Bonchev–Trinajstić information content (AvgIpc) is 3.03. The fourth-order valence-electron chi connectivity index (χ4n) is 2.59. The van der Waals surface area contributed by atoms with Crippen LogP contribution in [0.15, 0.2) is 24.3 Å². The minimum Gasteiger partial charge on any atom is -0.462 e. The quantitative estimate of drug-likeness (QED) is 0.539. The fraction of sp³-hybridized carbons (Fsp3) is 0.526. The number of carbonyl (C=O) groups excluding carboxylic acids is 1. The van der Waals surface area contributed by atoms with Gasteiger partial charge in [-0.1, -0.05) is 33.8 Å². The van der Waals surface area contributed by atoms with E-state index in [1.807, 2.05) is 18.2 Å². The van der Waals surface area contributed by atoms with Crippen LogP contribution in [-0.4, -0.2) is 43.9 Å². The van der Waals surface area contributed by atoms with Gasteiger partial charge in [0.2, 0.25) is 6.79 Å². The first-order valence-corrected chi connectivity index (χ1v) is 8.40. The highest BCUT2D eigenvalue weighted by Gasteiger charge is 2.22. The summed E-state index contributed by atoms with van der Waals surface area (Å²) in [6, 6.07) is 5.55. The van der Waals surface area contributed by atoms with Crippen LogP contribution in [0.25, 0.3) is 6.08 Å². The van der Waals surface area contributed by atoms with Gasteiger partial charge in [-0.25, -0.2) is 4.79 Å². The lowest BCUT2D eigenvalue weighted by Gasteiger charge is -2.30. The number of esters is 1. The Morgan fingerprint density at radius 1 is 1.25 bits per heavy atom. The molecule has 1 aliphatic heterocycles. The van der Waals surface area contributed by atoms with Gasteiger partial charge in [-0.05, 0) is 36.9 Å². The molecule has 0 saturated carbocycles. The van der Waals surface area contributed by atoms with Crippen LogP contribution < -0.4 is 9.47 Å². The van der Waals surface area contributed by atoms with E-state index < -0.39 is 0 Å². The smallest absolute Gasteiger partial charge is 0.330 e. The molecular formula is C19H27NO4. The molecule has 132 valence electrons. The zero-order valence-electron chi connectivity index (χ0n) is 15.0. The van der Waals surface area contributed by atoms with Crippen molar-refractivity contribution in [1.82, 2.24) is 4.90 Å². The van der Waals surface area contributed by atoms with Crippen molar-refractivity contribution < 1.29 is 19.0 Å². The van der Waals surface area contributed by atoms with Gasteiger partial charge >= 0.3 is 5.97 Å². The maximum absolute atomic E-state index is 11.9. The van der Waals surface area contributed by atoms with Gasteiger partial charge in [-0.2, -0.15) is 0 Å². The number of hydrogen-bond donors (Lipinski definition) is 0. The Kier molecular flexibility index (Phi) is 6.26. The lowest BCUT2D eigenvalue weighted by Crippen LogP contribution is -2.37. The van der Waals surface area contributed by atoms with Crippen molar-refractivity contribution in [3.8, 4) is 11.5 Å². The molecule has 0 amide bonds. The molecule has 0 aromatic heterocycles. The molecule has 0 N–H and O–H groups in total. The summed E-state index contributed by atoms with van der Waals surface area (Å²) in [5.41, 5.74) is 0.799. The van der Waals surface area contributed by atoms with Gasteiger partial charge in [-0.15, -0.1) is 0 Å². The van der Waals surface area contributed by atoms with E-state index >= 15 is 0 Å². The normalized spacial score (nSPS) is 13.7. The molecular weight excluding hydrogens is 306 g/mol. The maximum Gasteiger partial charge on any atom is 0.330 e. The molecule has 0 unspecified atom stereocenters. The highest BCUT2D eigenvalue weighted by atomic mass is 16.7. The van der Waals surface area contributed by atoms with Crippen molar-refractivity contribution in [2.75, 3.05) is 33.0 Å². The summed E-state index contributed by atoms with van der Waals surface area (Å²) in [5, 5.41) is 0. The number of rotatable bonds is 8. The van der Waals surface area contributed by atoms with E-state index in [0.29, 0.717) is 12.4 Å². The summed E-state index contributed by atoms with van der Waals surface area (Å²) in [6.45, 7) is 12.0. The summed E-state index contributed by atoms with van der Waals surface area (Å²) in [4.78, 5) is 14.3. The van der Waals surface area contributed by atoms with Gasteiger partial charge in [0.05, 0.1) is 6.61 Å². The highest BCUT2D eigenvalue weighted by molar-refractivity contribution is 5.87. The Labute approximate surface area is 144 Å². The lowest BCUT2D eigenvalue weighted by atomic mass is 9.94. The summed E-state index contributed by atoms with van der Waals surface area (Å²) < 4.78 is 16.0. The molecule has 1 aromatic carbocycles. The number of benzene rings is 1.